The Morgan fingerprint density at radius 1 is 0.867 bits per heavy atom. The Balaban J connectivity index is 2.91. The number of aliphatic carboxylic acids is 2. The van der Waals surface area contributed by atoms with Crippen LogP contribution in [-0.2, 0) is 30.4 Å². The van der Waals surface area contributed by atoms with E-state index in [4.69, 9.17) is 16.6 Å². The van der Waals surface area contributed by atoms with Gasteiger partial charge in [-0.3, -0.25) is 19.2 Å². The van der Waals surface area contributed by atoms with Crippen LogP contribution in [0.4, 0.5) is 0 Å². The third-order valence-electron chi connectivity index (χ3n) is 4.22. The SMILES string of the molecule is NC(=O)CCC(N)C(=O)NC(Cc1ccccc1)C(=O)NC(CCC(=O)O)C(=O)O. The van der Waals surface area contributed by atoms with Crippen LogP contribution in [0.25, 0.3) is 0 Å². The third kappa shape index (κ3) is 9.15. The fourth-order valence-electron chi connectivity index (χ4n) is 2.56. The Kier molecular flexibility index (Phi) is 9.97. The van der Waals surface area contributed by atoms with Gasteiger partial charge in [0.25, 0.3) is 0 Å². The molecule has 0 radical (unpaired) electrons. The predicted molar refractivity (Wildman–Crippen MR) is 105 cm³/mol. The zero-order valence-electron chi connectivity index (χ0n) is 16.2. The average molecular weight is 422 g/mol. The van der Waals surface area contributed by atoms with E-state index < -0.39 is 54.2 Å². The number of amides is 3. The first kappa shape index (κ1) is 24.6. The normalized spacial score (nSPS) is 13.5. The van der Waals surface area contributed by atoms with Gasteiger partial charge in [-0.15, -0.1) is 0 Å². The van der Waals surface area contributed by atoms with Gasteiger partial charge in [0.2, 0.25) is 17.7 Å². The molecule has 0 heterocycles. The molecule has 0 aromatic heterocycles. The van der Waals surface area contributed by atoms with Crippen molar-refractivity contribution in [1.82, 2.24) is 10.6 Å². The number of carboxylic acid groups (broad SMARTS) is 2. The minimum absolute atomic E-state index is 0.0167. The Hall–Kier alpha value is -3.47. The van der Waals surface area contributed by atoms with Crippen LogP contribution >= 0.6 is 0 Å². The van der Waals surface area contributed by atoms with Crippen LogP contribution in [0.15, 0.2) is 30.3 Å². The summed E-state index contributed by atoms with van der Waals surface area (Å²) < 4.78 is 0. The largest absolute Gasteiger partial charge is 0.481 e. The van der Waals surface area contributed by atoms with E-state index in [2.05, 4.69) is 10.6 Å². The number of carbonyl (C=O) groups excluding carboxylic acids is 3. The molecule has 0 aliphatic heterocycles. The summed E-state index contributed by atoms with van der Waals surface area (Å²) in [6.07, 6.45) is -0.852. The van der Waals surface area contributed by atoms with E-state index in [9.17, 15) is 29.1 Å². The van der Waals surface area contributed by atoms with Crippen molar-refractivity contribution in [3.8, 4) is 0 Å². The number of carboxylic acids is 2. The fraction of sp³-hybridized carbons (Fsp3) is 0.421. The number of hydrogen-bond acceptors (Lipinski definition) is 6. The molecule has 0 aliphatic rings. The van der Waals surface area contributed by atoms with Gasteiger partial charge in [-0.1, -0.05) is 30.3 Å². The van der Waals surface area contributed by atoms with E-state index >= 15 is 0 Å². The Morgan fingerprint density at radius 2 is 1.47 bits per heavy atom. The molecule has 1 aromatic rings. The molecule has 3 amide bonds. The lowest BCUT2D eigenvalue weighted by molar-refractivity contribution is -0.143. The number of hydrogen-bond donors (Lipinski definition) is 6. The van der Waals surface area contributed by atoms with E-state index in [0.29, 0.717) is 5.56 Å². The summed E-state index contributed by atoms with van der Waals surface area (Å²) in [6.45, 7) is 0. The van der Waals surface area contributed by atoms with Gasteiger partial charge in [-0.05, 0) is 18.4 Å². The van der Waals surface area contributed by atoms with Gasteiger partial charge in [0.05, 0.1) is 6.04 Å². The zero-order chi connectivity index (χ0) is 22.7. The molecule has 3 unspecified atom stereocenters. The number of rotatable bonds is 13. The summed E-state index contributed by atoms with van der Waals surface area (Å²) >= 11 is 0. The van der Waals surface area contributed by atoms with E-state index in [1.807, 2.05) is 0 Å². The molecule has 0 aliphatic carbocycles. The van der Waals surface area contributed by atoms with Crippen molar-refractivity contribution in [3.05, 3.63) is 35.9 Å². The standard InChI is InChI=1S/C19H26N4O7/c20-12(6-8-15(21)24)17(27)23-14(10-11-4-2-1-3-5-11)18(28)22-13(19(29)30)7-9-16(25)26/h1-5,12-14H,6-10,20H2,(H2,21,24)(H,22,28)(H,23,27)(H,25,26)(H,29,30). The quantitative estimate of drug-likeness (QED) is 0.226. The van der Waals surface area contributed by atoms with E-state index in [1.165, 1.54) is 0 Å². The first-order valence-electron chi connectivity index (χ1n) is 9.23. The second-order valence-electron chi connectivity index (χ2n) is 6.69. The van der Waals surface area contributed by atoms with Crippen LogP contribution in [-0.4, -0.2) is 58.0 Å². The van der Waals surface area contributed by atoms with E-state index in [1.54, 1.807) is 30.3 Å². The van der Waals surface area contributed by atoms with Crippen molar-refractivity contribution in [2.24, 2.45) is 11.5 Å². The molecule has 0 saturated carbocycles. The van der Waals surface area contributed by atoms with Crippen LogP contribution in [0.2, 0.25) is 0 Å². The van der Waals surface area contributed by atoms with Crippen LogP contribution in [0, 0.1) is 0 Å². The van der Waals surface area contributed by atoms with Crippen molar-refractivity contribution in [2.75, 3.05) is 0 Å². The molecule has 3 atom stereocenters. The highest BCUT2D eigenvalue weighted by Crippen LogP contribution is 2.06. The van der Waals surface area contributed by atoms with E-state index in [-0.39, 0.29) is 25.7 Å². The molecule has 8 N–H and O–H groups in total. The maximum absolute atomic E-state index is 12.7. The van der Waals surface area contributed by atoms with Crippen molar-refractivity contribution in [2.45, 2.75) is 50.2 Å². The van der Waals surface area contributed by atoms with Gasteiger partial charge in [0.1, 0.15) is 12.1 Å². The lowest BCUT2D eigenvalue weighted by atomic mass is 10.0. The van der Waals surface area contributed by atoms with Crippen molar-refractivity contribution >= 4 is 29.7 Å². The average Bonchev–Trinajstić information content (AvgIpc) is 2.68. The van der Waals surface area contributed by atoms with Crippen LogP contribution < -0.4 is 22.1 Å². The second-order valence-corrected chi connectivity index (χ2v) is 6.69. The molecule has 1 rings (SSSR count). The highest BCUT2D eigenvalue weighted by molar-refractivity contribution is 5.92. The van der Waals surface area contributed by atoms with Crippen LogP contribution in [0.3, 0.4) is 0 Å². The number of primary amides is 1. The van der Waals surface area contributed by atoms with Crippen molar-refractivity contribution in [1.29, 1.82) is 0 Å². The number of carbonyl (C=O) groups is 5. The molecule has 11 nitrogen and oxygen atoms in total. The summed E-state index contributed by atoms with van der Waals surface area (Å²) in [5.41, 5.74) is 11.5. The molecule has 0 fully saturated rings. The number of nitrogens with one attached hydrogen (secondary N) is 2. The van der Waals surface area contributed by atoms with Gasteiger partial charge in [-0.2, -0.15) is 0 Å². The molecule has 0 spiro atoms. The summed E-state index contributed by atoms with van der Waals surface area (Å²) in [5.74, 6) is -4.73. The maximum Gasteiger partial charge on any atom is 0.326 e. The Bertz CT molecular complexity index is 769. The lowest BCUT2D eigenvalue weighted by Crippen LogP contribution is -2.55. The molecular formula is C19H26N4O7. The summed E-state index contributed by atoms with van der Waals surface area (Å²) in [4.78, 5) is 57.9. The first-order chi connectivity index (χ1) is 14.1. The molecule has 30 heavy (non-hydrogen) atoms. The highest BCUT2D eigenvalue weighted by Gasteiger charge is 2.28. The third-order valence-corrected chi connectivity index (χ3v) is 4.22. The first-order valence-corrected chi connectivity index (χ1v) is 9.23. The van der Waals surface area contributed by atoms with Crippen LogP contribution in [0.5, 0.6) is 0 Å². The monoisotopic (exact) mass is 422 g/mol. The number of benzene rings is 1. The van der Waals surface area contributed by atoms with Gasteiger partial charge < -0.3 is 32.3 Å². The Labute approximate surface area is 172 Å². The minimum atomic E-state index is -1.44. The lowest BCUT2D eigenvalue weighted by Gasteiger charge is -2.23. The van der Waals surface area contributed by atoms with Gasteiger partial charge in [0, 0.05) is 19.3 Å². The predicted octanol–water partition coefficient (Wildman–Crippen LogP) is -1.26. The molecular weight excluding hydrogens is 396 g/mol. The molecule has 0 bridgehead atoms. The van der Waals surface area contributed by atoms with Gasteiger partial charge >= 0.3 is 11.9 Å². The zero-order valence-corrected chi connectivity index (χ0v) is 16.2. The fourth-order valence-corrected chi connectivity index (χ4v) is 2.56. The second kappa shape index (κ2) is 12.2. The summed E-state index contributed by atoms with van der Waals surface area (Å²) in [6, 6.07) is 4.99. The van der Waals surface area contributed by atoms with Crippen molar-refractivity contribution in [3.63, 3.8) is 0 Å². The molecule has 11 heteroatoms. The Morgan fingerprint density at radius 3 is 2.00 bits per heavy atom. The molecule has 164 valence electrons. The maximum atomic E-state index is 12.7. The van der Waals surface area contributed by atoms with Crippen molar-refractivity contribution < 1.29 is 34.2 Å². The van der Waals surface area contributed by atoms with Gasteiger partial charge in [-0.25, -0.2) is 4.79 Å². The summed E-state index contributed by atoms with van der Waals surface area (Å²) in [5, 5.41) is 22.7. The highest BCUT2D eigenvalue weighted by atomic mass is 16.4. The van der Waals surface area contributed by atoms with Gasteiger partial charge in [0.15, 0.2) is 0 Å². The topological polar surface area (TPSA) is 202 Å². The minimum Gasteiger partial charge on any atom is -0.481 e. The number of nitrogens with two attached hydrogens (primary N) is 2. The molecule has 0 saturated heterocycles. The molecule has 1 aromatic carbocycles. The van der Waals surface area contributed by atoms with E-state index in [0.717, 1.165) is 0 Å². The van der Waals surface area contributed by atoms with Crippen LogP contribution in [0.1, 0.15) is 31.2 Å². The smallest absolute Gasteiger partial charge is 0.326 e. The summed E-state index contributed by atoms with van der Waals surface area (Å²) in [7, 11) is 0.